The van der Waals surface area contributed by atoms with Crippen molar-refractivity contribution in [3.05, 3.63) is 24.3 Å². The number of allylic oxidation sites excluding steroid dienone is 3. The Bertz CT molecular complexity index is 165. The van der Waals surface area contributed by atoms with Crippen LogP contribution in [0, 0.1) is 11.8 Å². The van der Waals surface area contributed by atoms with Crippen LogP contribution in [0.4, 0.5) is 0 Å². The largest absolute Gasteiger partial charge is 0.0993 e. The Morgan fingerprint density at radius 2 is 2.27 bits per heavy atom. The smallest absolute Gasteiger partial charge is 0.0168 e. The van der Waals surface area contributed by atoms with Crippen molar-refractivity contribution >= 4 is 0 Å². The Kier molecular flexibility index (Phi) is 2.92. The Balaban J connectivity index is 2.42. The SMILES string of the molecule is C=C1C(C)CCC1C/C=C\C. The molecule has 0 heteroatoms. The van der Waals surface area contributed by atoms with E-state index < -0.39 is 0 Å². The number of hydrogen-bond donors (Lipinski definition) is 0. The minimum Gasteiger partial charge on any atom is -0.0993 e. The van der Waals surface area contributed by atoms with Crippen LogP contribution >= 0.6 is 0 Å². The first-order valence-corrected chi connectivity index (χ1v) is 4.55. The van der Waals surface area contributed by atoms with Gasteiger partial charge in [-0.2, -0.15) is 0 Å². The van der Waals surface area contributed by atoms with Crippen molar-refractivity contribution in [1.82, 2.24) is 0 Å². The molecule has 2 atom stereocenters. The van der Waals surface area contributed by atoms with Gasteiger partial charge in [0.2, 0.25) is 0 Å². The third-order valence-corrected chi connectivity index (χ3v) is 2.76. The molecule has 0 nitrogen and oxygen atoms in total. The monoisotopic (exact) mass is 150 g/mol. The summed E-state index contributed by atoms with van der Waals surface area (Å²) in [5, 5.41) is 0. The predicted octanol–water partition coefficient (Wildman–Crippen LogP) is 3.55. The maximum Gasteiger partial charge on any atom is -0.0168 e. The molecule has 2 unspecified atom stereocenters. The fraction of sp³-hybridized carbons (Fsp3) is 0.636. The molecule has 62 valence electrons. The summed E-state index contributed by atoms with van der Waals surface area (Å²) in [5.74, 6) is 1.55. The summed E-state index contributed by atoms with van der Waals surface area (Å²) in [6.45, 7) is 8.51. The molecular weight excluding hydrogens is 132 g/mol. The third-order valence-electron chi connectivity index (χ3n) is 2.76. The third kappa shape index (κ3) is 1.95. The van der Waals surface area contributed by atoms with E-state index in [0.29, 0.717) is 0 Å². The summed E-state index contributed by atoms with van der Waals surface area (Å²) in [6.07, 6.45) is 8.30. The molecule has 1 aliphatic carbocycles. The van der Waals surface area contributed by atoms with Gasteiger partial charge in [0.15, 0.2) is 0 Å². The standard InChI is InChI=1S/C11H18/c1-4-5-6-11-8-7-9(2)10(11)3/h4-5,9,11H,3,6-8H2,1-2H3/b5-4-. The van der Waals surface area contributed by atoms with E-state index in [1.165, 1.54) is 24.8 Å². The van der Waals surface area contributed by atoms with Crippen LogP contribution in [0.3, 0.4) is 0 Å². The van der Waals surface area contributed by atoms with Gasteiger partial charge in [-0.3, -0.25) is 0 Å². The van der Waals surface area contributed by atoms with Gasteiger partial charge in [0, 0.05) is 0 Å². The van der Waals surface area contributed by atoms with Gasteiger partial charge in [0.25, 0.3) is 0 Å². The van der Waals surface area contributed by atoms with Crippen molar-refractivity contribution in [3.8, 4) is 0 Å². The van der Waals surface area contributed by atoms with Crippen LogP contribution in [-0.4, -0.2) is 0 Å². The van der Waals surface area contributed by atoms with Crippen molar-refractivity contribution in [1.29, 1.82) is 0 Å². The first-order valence-electron chi connectivity index (χ1n) is 4.55. The maximum atomic E-state index is 4.14. The average molecular weight is 150 g/mol. The Labute approximate surface area is 70.0 Å². The molecule has 0 aromatic heterocycles. The highest BCUT2D eigenvalue weighted by atomic mass is 14.3. The van der Waals surface area contributed by atoms with Crippen LogP contribution in [0.5, 0.6) is 0 Å². The van der Waals surface area contributed by atoms with E-state index in [9.17, 15) is 0 Å². The van der Waals surface area contributed by atoms with Crippen LogP contribution in [0.25, 0.3) is 0 Å². The highest BCUT2D eigenvalue weighted by molar-refractivity contribution is 5.11. The summed E-state index contributed by atoms with van der Waals surface area (Å²) < 4.78 is 0. The Hall–Kier alpha value is -0.520. The highest BCUT2D eigenvalue weighted by Gasteiger charge is 2.23. The summed E-state index contributed by atoms with van der Waals surface area (Å²) in [7, 11) is 0. The van der Waals surface area contributed by atoms with Crippen LogP contribution in [-0.2, 0) is 0 Å². The van der Waals surface area contributed by atoms with Gasteiger partial charge in [-0.05, 0) is 38.0 Å². The topological polar surface area (TPSA) is 0 Å². The average Bonchev–Trinajstić information content (AvgIpc) is 2.31. The minimum absolute atomic E-state index is 0.769. The molecule has 1 aliphatic rings. The molecule has 0 amide bonds. The zero-order valence-corrected chi connectivity index (χ0v) is 7.64. The summed E-state index contributed by atoms with van der Waals surface area (Å²) in [5.41, 5.74) is 1.48. The van der Waals surface area contributed by atoms with Crippen LogP contribution in [0.2, 0.25) is 0 Å². The molecule has 0 spiro atoms. The molecule has 0 aromatic carbocycles. The van der Waals surface area contributed by atoms with Gasteiger partial charge in [-0.15, -0.1) is 0 Å². The van der Waals surface area contributed by atoms with Crippen molar-refractivity contribution < 1.29 is 0 Å². The second-order valence-corrected chi connectivity index (χ2v) is 3.55. The van der Waals surface area contributed by atoms with Crippen molar-refractivity contribution in [2.24, 2.45) is 11.8 Å². The quantitative estimate of drug-likeness (QED) is 0.528. The lowest BCUT2D eigenvalue weighted by atomic mass is 9.97. The maximum absolute atomic E-state index is 4.14. The van der Waals surface area contributed by atoms with Gasteiger partial charge in [-0.1, -0.05) is 31.2 Å². The molecule has 0 aromatic rings. The van der Waals surface area contributed by atoms with E-state index in [1.54, 1.807) is 0 Å². The van der Waals surface area contributed by atoms with Crippen molar-refractivity contribution in [2.45, 2.75) is 33.1 Å². The fourth-order valence-electron chi connectivity index (χ4n) is 1.79. The summed E-state index contributed by atoms with van der Waals surface area (Å²) in [4.78, 5) is 0. The molecule has 0 radical (unpaired) electrons. The van der Waals surface area contributed by atoms with Gasteiger partial charge >= 0.3 is 0 Å². The Morgan fingerprint density at radius 3 is 2.73 bits per heavy atom. The molecule has 1 fully saturated rings. The van der Waals surface area contributed by atoms with Crippen molar-refractivity contribution in [2.75, 3.05) is 0 Å². The van der Waals surface area contributed by atoms with Crippen LogP contribution in [0.15, 0.2) is 24.3 Å². The van der Waals surface area contributed by atoms with Crippen LogP contribution < -0.4 is 0 Å². The number of hydrogen-bond acceptors (Lipinski definition) is 0. The van der Waals surface area contributed by atoms with E-state index in [0.717, 1.165) is 11.8 Å². The lowest BCUT2D eigenvalue weighted by Gasteiger charge is -2.09. The second-order valence-electron chi connectivity index (χ2n) is 3.55. The van der Waals surface area contributed by atoms with Crippen LogP contribution in [0.1, 0.15) is 33.1 Å². The van der Waals surface area contributed by atoms with E-state index in [2.05, 4.69) is 32.6 Å². The molecule has 0 heterocycles. The zero-order valence-electron chi connectivity index (χ0n) is 7.64. The first-order chi connectivity index (χ1) is 5.25. The van der Waals surface area contributed by atoms with E-state index in [4.69, 9.17) is 0 Å². The lowest BCUT2D eigenvalue weighted by molar-refractivity contribution is 0.636. The molecule has 0 saturated heterocycles. The fourth-order valence-corrected chi connectivity index (χ4v) is 1.79. The van der Waals surface area contributed by atoms with E-state index >= 15 is 0 Å². The summed E-state index contributed by atoms with van der Waals surface area (Å²) in [6, 6.07) is 0. The second kappa shape index (κ2) is 3.75. The molecule has 11 heavy (non-hydrogen) atoms. The van der Waals surface area contributed by atoms with Gasteiger partial charge in [0.1, 0.15) is 0 Å². The van der Waals surface area contributed by atoms with E-state index in [1.807, 2.05) is 0 Å². The molecule has 0 aliphatic heterocycles. The normalized spacial score (nSPS) is 32.0. The number of rotatable bonds is 2. The molecule has 0 bridgehead atoms. The molecule has 1 saturated carbocycles. The highest BCUT2D eigenvalue weighted by Crippen LogP contribution is 2.36. The van der Waals surface area contributed by atoms with E-state index in [-0.39, 0.29) is 0 Å². The van der Waals surface area contributed by atoms with Crippen molar-refractivity contribution in [3.63, 3.8) is 0 Å². The minimum atomic E-state index is 0.769. The van der Waals surface area contributed by atoms with Gasteiger partial charge < -0.3 is 0 Å². The lowest BCUT2D eigenvalue weighted by Crippen LogP contribution is -1.96. The molecule has 1 rings (SSSR count). The summed E-state index contributed by atoms with van der Waals surface area (Å²) >= 11 is 0. The molecular formula is C11H18. The predicted molar refractivity (Wildman–Crippen MR) is 50.5 cm³/mol. The first kappa shape index (κ1) is 8.58. The zero-order chi connectivity index (χ0) is 8.27. The Morgan fingerprint density at radius 1 is 1.55 bits per heavy atom. The molecule has 0 N–H and O–H groups in total. The van der Waals surface area contributed by atoms with Gasteiger partial charge in [0.05, 0.1) is 0 Å². The van der Waals surface area contributed by atoms with Gasteiger partial charge in [-0.25, -0.2) is 0 Å².